The van der Waals surface area contributed by atoms with Crippen LogP contribution in [0.2, 0.25) is 0 Å². The average molecular weight is 409 g/mol. The molecule has 2 heterocycles. The number of ether oxygens (including phenoxy) is 1. The Balaban J connectivity index is 1.69. The molecule has 0 aromatic rings. The van der Waals surface area contributed by atoms with Crippen molar-refractivity contribution in [3.05, 3.63) is 12.2 Å². The summed E-state index contributed by atoms with van der Waals surface area (Å²) in [5, 5.41) is 14.4. The summed E-state index contributed by atoms with van der Waals surface area (Å²) in [7, 11) is 0. The molecule has 2 bridgehead atoms. The van der Waals surface area contributed by atoms with E-state index in [1.807, 2.05) is 6.08 Å². The molecule has 0 unspecified atom stereocenters. The lowest BCUT2D eigenvalue weighted by atomic mass is 9.77. The van der Waals surface area contributed by atoms with E-state index in [4.69, 9.17) is 9.84 Å². The summed E-state index contributed by atoms with van der Waals surface area (Å²) in [5.74, 6) is -0.570. The molecule has 2 rings (SSSR count). The van der Waals surface area contributed by atoms with Crippen molar-refractivity contribution < 1.29 is 24.2 Å². The van der Waals surface area contributed by atoms with Crippen LogP contribution >= 0.6 is 0 Å². The summed E-state index contributed by atoms with van der Waals surface area (Å²) in [4.78, 5) is 34.5. The van der Waals surface area contributed by atoms with E-state index < -0.39 is 5.97 Å². The summed E-state index contributed by atoms with van der Waals surface area (Å²) in [6.07, 6.45) is 12.2. The predicted molar refractivity (Wildman–Crippen MR) is 110 cm³/mol. The zero-order valence-corrected chi connectivity index (χ0v) is 17.5. The lowest BCUT2D eigenvalue weighted by Gasteiger charge is -2.27. The van der Waals surface area contributed by atoms with Crippen molar-refractivity contribution in [1.29, 1.82) is 0 Å². The summed E-state index contributed by atoms with van der Waals surface area (Å²) in [6.45, 7) is 3.28. The molecule has 0 aromatic heterocycles. The van der Waals surface area contributed by atoms with E-state index >= 15 is 0 Å². The molecule has 4 atom stereocenters. The van der Waals surface area contributed by atoms with E-state index in [0.29, 0.717) is 25.4 Å². The first-order valence-electron chi connectivity index (χ1n) is 11.1. The Morgan fingerprint density at radius 1 is 1.00 bits per heavy atom. The maximum Gasteiger partial charge on any atom is 0.303 e. The maximum absolute atomic E-state index is 12.1. The quantitative estimate of drug-likeness (QED) is 0.233. The minimum Gasteiger partial charge on any atom is -0.481 e. The standard InChI is InChI=1S/C22H36N2O5/c1-2-3-8-13-23-20(25)14-21(26)24-15-17-16(18-11-12-19(17)29-18)9-6-4-5-7-10-22(27)28/h4,6,16-19H,2-3,5,7-15H2,1H3,(H,23,25)(H,24,26)(H,27,28)/b6-4-/t16-,17+,18-,19+/m1/s1. The van der Waals surface area contributed by atoms with Gasteiger partial charge in [-0.05, 0) is 44.4 Å². The first-order chi connectivity index (χ1) is 14.0. The fraction of sp³-hybridized carbons (Fsp3) is 0.773. The van der Waals surface area contributed by atoms with E-state index in [1.165, 1.54) is 0 Å². The SMILES string of the molecule is CCCCCNC(=O)CC(=O)NC[C@H]1[C@@H](C/C=C\CCCC(=O)O)[C@H]2CC[C@@H]1O2. The number of unbranched alkanes of at least 4 members (excludes halogenated alkanes) is 3. The van der Waals surface area contributed by atoms with Crippen molar-refractivity contribution in [3.63, 3.8) is 0 Å². The molecule has 2 aliphatic rings. The van der Waals surface area contributed by atoms with Gasteiger partial charge in [0.2, 0.25) is 11.8 Å². The van der Waals surface area contributed by atoms with Gasteiger partial charge in [-0.2, -0.15) is 0 Å². The average Bonchev–Trinajstić information content (AvgIpc) is 3.28. The van der Waals surface area contributed by atoms with Gasteiger partial charge in [0.05, 0.1) is 12.2 Å². The maximum atomic E-state index is 12.1. The lowest BCUT2D eigenvalue weighted by molar-refractivity contribution is -0.137. The molecule has 2 saturated heterocycles. The van der Waals surface area contributed by atoms with Crippen molar-refractivity contribution in [2.45, 2.75) is 83.3 Å². The smallest absolute Gasteiger partial charge is 0.303 e. The fourth-order valence-electron chi connectivity index (χ4n) is 4.33. The van der Waals surface area contributed by atoms with Gasteiger partial charge in [-0.25, -0.2) is 0 Å². The monoisotopic (exact) mass is 408 g/mol. The third kappa shape index (κ3) is 8.17. The van der Waals surface area contributed by atoms with Crippen LogP contribution in [-0.4, -0.2) is 48.2 Å². The third-order valence-electron chi connectivity index (χ3n) is 5.89. The Morgan fingerprint density at radius 2 is 1.72 bits per heavy atom. The van der Waals surface area contributed by atoms with E-state index in [0.717, 1.165) is 44.9 Å². The third-order valence-corrected chi connectivity index (χ3v) is 5.89. The minimum absolute atomic E-state index is 0.123. The summed E-state index contributed by atoms with van der Waals surface area (Å²) >= 11 is 0. The summed E-state index contributed by atoms with van der Waals surface area (Å²) in [5.41, 5.74) is 0. The number of carboxylic acid groups (broad SMARTS) is 1. The molecule has 2 amide bonds. The Kier molecular flexibility index (Phi) is 10.2. The molecule has 164 valence electrons. The van der Waals surface area contributed by atoms with Crippen LogP contribution in [0.1, 0.15) is 71.1 Å². The number of allylic oxidation sites excluding steroid dienone is 2. The van der Waals surface area contributed by atoms with Crippen molar-refractivity contribution in [3.8, 4) is 0 Å². The largest absolute Gasteiger partial charge is 0.481 e. The number of rotatable bonds is 14. The molecule has 2 aliphatic heterocycles. The molecule has 29 heavy (non-hydrogen) atoms. The van der Waals surface area contributed by atoms with E-state index in [-0.39, 0.29) is 42.8 Å². The number of hydrogen-bond acceptors (Lipinski definition) is 4. The molecule has 0 aliphatic carbocycles. The molecule has 2 fully saturated rings. The van der Waals surface area contributed by atoms with Crippen LogP contribution in [0, 0.1) is 11.8 Å². The van der Waals surface area contributed by atoms with Gasteiger partial charge in [-0.3, -0.25) is 14.4 Å². The van der Waals surface area contributed by atoms with Crippen molar-refractivity contribution in [2.24, 2.45) is 11.8 Å². The number of carboxylic acids is 1. The highest BCUT2D eigenvalue weighted by atomic mass is 16.5. The van der Waals surface area contributed by atoms with Crippen LogP contribution in [0.15, 0.2) is 12.2 Å². The summed E-state index contributed by atoms with van der Waals surface area (Å²) in [6, 6.07) is 0. The van der Waals surface area contributed by atoms with Gasteiger partial charge < -0.3 is 20.5 Å². The molecule has 3 N–H and O–H groups in total. The Labute approximate surface area is 173 Å². The van der Waals surface area contributed by atoms with Crippen LogP contribution in [0.5, 0.6) is 0 Å². The number of aliphatic carboxylic acids is 1. The number of nitrogens with one attached hydrogen (secondary N) is 2. The number of fused-ring (bicyclic) bond motifs is 2. The van der Waals surface area contributed by atoms with Gasteiger partial charge >= 0.3 is 5.97 Å². The molecule has 0 aromatic carbocycles. The zero-order valence-electron chi connectivity index (χ0n) is 17.5. The van der Waals surface area contributed by atoms with E-state index in [1.54, 1.807) is 0 Å². The minimum atomic E-state index is -0.759. The molecule has 0 radical (unpaired) electrons. The topological polar surface area (TPSA) is 105 Å². The second-order valence-electron chi connectivity index (χ2n) is 8.15. The second-order valence-corrected chi connectivity index (χ2v) is 8.15. The van der Waals surface area contributed by atoms with E-state index in [2.05, 4.69) is 23.6 Å². The molecule has 0 spiro atoms. The molecule has 7 heteroatoms. The lowest BCUT2D eigenvalue weighted by Crippen LogP contribution is -2.39. The normalized spacial score (nSPS) is 25.4. The van der Waals surface area contributed by atoms with Gasteiger partial charge in [0, 0.05) is 25.4 Å². The first kappa shape index (κ1) is 23.4. The number of hydrogen-bond donors (Lipinski definition) is 3. The highest BCUT2D eigenvalue weighted by Gasteiger charge is 2.47. The van der Waals surface area contributed by atoms with Crippen molar-refractivity contribution in [1.82, 2.24) is 10.6 Å². The van der Waals surface area contributed by atoms with Crippen molar-refractivity contribution >= 4 is 17.8 Å². The predicted octanol–water partition coefficient (Wildman–Crippen LogP) is 2.79. The highest BCUT2D eigenvalue weighted by molar-refractivity contribution is 5.96. The number of amides is 2. The number of carbonyl (C=O) groups is 3. The number of carbonyl (C=O) groups excluding carboxylic acids is 2. The Bertz CT molecular complexity index is 578. The van der Waals surface area contributed by atoms with Gasteiger partial charge in [0.25, 0.3) is 0 Å². The fourth-order valence-corrected chi connectivity index (χ4v) is 4.33. The van der Waals surface area contributed by atoms with Crippen LogP contribution in [-0.2, 0) is 19.1 Å². The zero-order chi connectivity index (χ0) is 21.1. The molecular formula is C22H36N2O5. The molecular weight excluding hydrogens is 372 g/mol. The van der Waals surface area contributed by atoms with Gasteiger partial charge in [0.1, 0.15) is 6.42 Å². The van der Waals surface area contributed by atoms with Crippen LogP contribution in [0.25, 0.3) is 0 Å². The van der Waals surface area contributed by atoms with Crippen LogP contribution in [0.3, 0.4) is 0 Å². The van der Waals surface area contributed by atoms with E-state index in [9.17, 15) is 14.4 Å². The first-order valence-corrected chi connectivity index (χ1v) is 11.1. The molecule has 7 nitrogen and oxygen atoms in total. The van der Waals surface area contributed by atoms with Gasteiger partial charge in [-0.1, -0.05) is 31.9 Å². The Morgan fingerprint density at radius 3 is 2.45 bits per heavy atom. The van der Waals surface area contributed by atoms with Crippen molar-refractivity contribution in [2.75, 3.05) is 13.1 Å². The Hall–Kier alpha value is -1.89. The second kappa shape index (κ2) is 12.6. The van der Waals surface area contributed by atoms with Gasteiger partial charge in [0.15, 0.2) is 0 Å². The van der Waals surface area contributed by atoms with Crippen LogP contribution < -0.4 is 10.6 Å². The van der Waals surface area contributed by atoms with Crippen LogP contribution in [0.4, 0.5) is 0 Å². The van der Waals surface area contributed by atoms with Gasteiger partial charge in [-0.15, -0.1) is 0 Å². The molecule has 0 saturated carbocycles. The highest BCUT2D eigenvalue weighted by Crippen LogP contribution is 2.44. The summed E-state index contributed by atoms with van der Waals surface area (Å²) < 4.78 is 6.05.